The predicted octanol–water partition coefficient (Wildman–Crippen LogP) is 2.36. The van der Waals surface area contributed by atoms with Crippen LogP contribution in [0.5, 0.6) is 0 Å². The third-order valence-electron chi connectivity index (χ3n) is 4.43. The molecule has 0 aliphatic heterocycles. The highest BCUT2D eigenvalue weighted by Gasteiger charge is 2.38. The molecule has 0 saturated heterocycles. The second kappa shape index (κ2) is 18.2. The second-order valence-electron chi connectivity index (χ2n) is 5.93. The van der Waals surface area contributed by atoms with Crippen LogP contribution in [0, 0.1) is 10.8 Å². The summed E-state index contributed by atoms with van der Waals surface area (Å²) in [7, 11) is 4.20. The van der Waals surface area contributed by atoms with Gasteiger partial charge in [-0.25, -0.2) is 0 Å². The Balaban J connectivity index is -0.00000338. The summed E-state index contributed by atoms with van der Waals surface area (Å²) in [6.45, 7) is 1.22. The fraction of sp³-hybridized carbons (Fsp3) is 0.867. The van der Waals surface area contributed by atoms with Crippen LogP contribution in [0.15, 0.2) is 0 Å². The first kappa shape index (κ1) is 34.2. The lowest BCUT2D eigenvalue weighted by atomic mass is 10.3. The van der Waals surface area contributed by atoms with Crippen molar-refractivity contribution < 1.29 is 26.6 Å². The number of halogens is 2. The fourth-order valence-electron chi connectivity index (χ4n) is 2.76. The zero-order chi connectivity index (χ0) is 20.9. The van der Waals surface area contributed by atoms with Crippen LogP contribution in [0.4, 0.5) is 0 Å². The molecule has 4 N–H and O–H groups in total. The molecule has 10 nitrogen and oxygen atoms in total. The lowest BCUT2D eigenvalue weighted by Gasteiger charge is -2.29. The first-order valence-corrected chi connectivity index (χ1v) is 12.6. The van der Waals surface area contributed by atoms with Crippen molar-refractivity contribution in [2.45, 2.75) is 31.4 Å². The Labute approximate surface area is 211 Å². The molecule has 0 aromatic rings. The number of rotatable bonds is 16. The molecule has 0 fully saturated rings. The van der Waals surface area contributed by atoms with Gasteiger partial charge in [0.05, 0.1) is 12.3 Å². The highest BCUT2D eigenvalue weighted by Crippen LogP contribution is 2.18. The molecule has 29 heavy (non-hydrogen) atoms. The summed E-state index contributed by atoms with van der Waals surface area (Å²) in [6, 6.07) is 1.26. The first-order chi connectivity index (χ1) is 12.8. The van der Waals surface area contributed by atoms with Gasteiger partial charge >= 0.3 is 17.6 Å². The number of nitrogens with zero attached hydrogens (tertiary/aromatic N) is 1. The molecule has 176 valence electrons. The summed E-state index contributed by atoms with van der Waals surface area (Å²) in [5.74, 6) is 0.273. The molecule has 0 heterocycles. The van der Waals surface area contributed by atoms with E-state index in [1.54, 1.807) is 42.7 Å². The number of amidine groups is 2. The molecule has 0 spiro atoms. The first-order valence-electron chi connectivity index (χ1n) is 8.73. The highest BCUT2D eigenvalue weighted by atomic mass is 127. The van der Waals surface area contributed by atoms with E-state index in [4.69, 9.17) is 43.1 Å². The van der Waals surface area contributed by atoms with Crippen molar-refractivity contribution in [2.75, 3.05) is 55.7 Å². The molecule has 0 unspecified atom stereocenters. The number of hydrogen-bond acceptors (Lipinski definition) is 8. The van der Waals surface area contributed by atoms with E-state index in [1.165, 1.54) is 0 Å². The summed E-state index contributed by atoms with van der Waals surface area (Å²) in [5, 5.41) is 15.7. The monoisotopic (exact) mass is 680 g/mol. The van der Waals surface area contributed by atoms with Gasteiger partial charge in [-0.15, -0.1) is 48.0 Å². The van der Waals surface area contributed by atoms with Crippen molar-refractivity contribution in [3.8, 4) is 0 Å². The van der Waals surface area contributed by atoms with Gasteiger partial charge in [0.1, 0.15) is 5.84 Å². The lowest BCUT2D eigenvalue weighted by molar-refractivity contribution is 0.121. The minimum Gasteiger partial charge on any atom is -0.387 e. The number of nitrogens with one attached hydrogen (secondary N) is 2. The van der Waals surface area contributed by atoms with Crippen LogP contribution in [-0.2, 0) is 26.6 Å². The van der Waals surface area contributed by atoms with Gasteiger partial charge in [-0.2, -0.15) is 0 Å². The van der Waals surface area contributed by atoms with Crippen LogP contribution in [0.25, 0.3) is 0 Å². The molecule has 0 amide bonds. The van der Waals surface area contributed by atoms with E-state index >= 15 is 0 Å². The molecule has 0 aliphatic carbocycles. The molecule has 0 bridgehead atoms. The zero-order valence-corrected chi connectivity index (χ0v) is 24.9. The third-order valence-corrected chi connectivity index (χ3v) is 10.1. The molecular weight excluding hydrogens is 642 g/mol. The maximum atomic E-state index is 8.25. The Kier molecular flexibility index (Phi) is 21.5. The molecule has 0 aliphatic rings. The summed E-state index contributed by atoms with van der Waals surface area (Å²) in [5.41, 5.74) is 5.47. The van der Waals surface area contributed by atoms with Crippen LogP contribution in [-0.4, -0.2) is 89.9 Å². The fourth-order valence-corrected chi connectivity index (χ4v) is 6.17. The van der Waals surface area contributed by atoms with Gasteiger partial charge in [0, 0.05) is 67.8 Å². The minimum atomic E-state index is -2.65. The Morgan fingerprint density at radius 3 is 1.28 bits per heavy atom. The summed E-state index contributed by atoms with van der Waals surface area (Å²) >= 11 is 0. The lowest BCUT2D eigenvalue weighted by Crippen LogP contribution is -2.45. The third kappa shape index (κ3) is 12.3. The van der Waals surface area contributed by atoms with Crippen molar-refractivity contribution in [1.29, 1.82) is 10.8 Å². The van der Waals surface area contributed by atoms with Crippen molar-refractivity contribution >= 4 is 77.2 Å². The van der Waals surface area contributed by atoms with Crippen molar-refractivity contribution in [3.05, 3.63) is 0 Å². The van der Waals surface area contributed by atoms with Gasteiger partial charge in [-0.3, -0.25) is 10.8 Å². The number of nitrogens with two attached hydrogens (primary N) is 1. The topological polar surface area (TPSA) is 132 Å². The molecule has 14 heteroatoms. The van der Waals surface area contributed by atoms with E-state index in [0.29, 0.717) is 31.0 Å². The Morgan fingerprint density at radius 2 is 1.03 bits per heavy atom. The molecule has 0 radical (unpaired) electrons. The van der Waals surface area contributed by atoms with E-state index in [-0.39, 0.29) is 60.2 Å². The smallest absolute Gasteiger partial charge is 0.387 e. The van der Waals surface area contributed by atoms with E-state index in [0.717, 1.165) is 12.8 Å². The van der Waals surface area contributed by atoms with Crippen LogP contribution >= 0.6 is 48.0 Å². The molecule has 0 rings (SSSR count). The normalized spacial score (nSPS) is 11.4. The minimum absolute atomic E-state index is 0. The average molecular weight is 680 g/mol. The van der Waals surface area contributed by atoms with Crippen molar-refractivity contribution in [1.82, 2.24) is 4.90 Å². The second-order valence-corrected chi connectivity index (χ2v) is 12.1. The van der Waals surface area contributed by atoms with Crippen LogP contribution < -0.4 is 5.73 Å². The molecule has 0 aromatic carbocycles. The van der Waals surface area contributed by atoms with Gasteiger partial charge in [-0.1, -0.05) is 0 Å². The zero-order valence-electron chi connectivity index (χ0n) is 18.2. The van der Waals surface area contributed by atoms with E-state index in [2.05, 4.69) is 0 Å². The van der Waals surface area contributed by atoms with Crippen LogP contribution in [0.2, 0.25) is 12.1 Å². The number of hydrogen-bond donors (Lipinski definition) is 3. The summed E-state index contributed by atoms with van der Waals surface area (Å²) in [6.07, 6.45) is 1.57. The largest absolute Gasteiger partial charge is 0.500 e. The van der Waals surface area contributed by atoms with Gasteiger partial charge in [0.25, 0.3) is 0 Å². The van der Waals surface area contributed by atoms with Gasteiger partial charge in [0.2, 0.25) is 0 Å². The Hall–Kier alpha value is 0.594. The SMILES string of the molecule is CO[Si](CCCN(CCC[Si](OC)(OC)OC)C(=N)CC(=N)N)(OC)OC.I.I. The average Bonchev–Trinajstić information content (AvgIpc) is 2.67. The Bertz CT molecular complexity index is 418. The van der Waals surface area contributed by atoms with E-state index in [1.807, 2.05) is 4.90 Å². The van der Waals surface area contributed by atoms with Gasteiger partial charge < -0.3 is 37.2 Å². The summed E-state index contributed by atoms with van der Waals surface area (Å²) in [4.78, 5) is 1.90. The van der Waals surface area contributed by atoms with Crippen LogP contribution in [0.3, 0.4) is 0 Å². The highest BCUT2D eigenvalue weighted by molar-refractivity contribution is 14.0. The maximum Gasteiger partial charge on any atom is 0.500 e. The maximum absolute atomic E-state index is 8.25. The molecule has 0 aromatic heterocycles. The van der Waals surface area contributed by atoms with Crippen molar-refractivity contribution in [3.63, 3.8) is 0 Å². The van der Waals surface area contributed by atoms with Crippen molar-refractivity contribution in [2.24, 2.45) is 5.73 Å². The quantitative estimate of drug-likeness (QED) is 0.0981. The van der Waals surface area contributed by atoms with Gasteiger partial charge in [0.15, 0.2) is 0 Å². The predicted molar refractivity (Wildman–Crippen MR) is 139 cm³/mol. The summed E-state index contributed by atoms with van der Waals surface area (Å²) < 4.78 is 32.6. The standard InChI is InChI=1S/C15H36N4O6Si2.2HI/c1-20-26(21-2,22-3)11-7-9-19(15(18)13-14(16)17)10-8-12-27(23-4,24-5)25-6;;/h18H,7-13H2,1-6H3,(H3,16,17);2*1H. The molecule has 0 atom stereocenters. The molecular formula is C15H38I2N4O6Si2. The van der Waals surface area contributed by atoms with Gasteiger partial charge in [-0.05, 0) is 12.8 Å². The Morgan fingerprint density at radius 1 is 0.724 bits per heavy atom. The van der Waals surface area contributed by atoms with E-state index < -0.39 is 17.6 Å². The van der Waals surface area contributed by atoms with E-state index in [9.17, 15) is 0 Å². The molecule has 0 saturated carbocycles. The van der Waals surface area contributed by atoms with Crippen LogP contribution in [0.1, 0.15) is 19.3 Å².